The van der Waals surface area contributed by atoms with Gasteiger partial charge in [0.1, 0.15) is 0 Å². The molecule has 1 saturated carbocycles. The summed E-state index contributed by atoms with van der Waals surface area (Å²) in [6.45, 7) is 3.53. The molecule has 1 aliphatic heterocycles. The molecule has 1 saturated heterocycles. The lowest BCUT2D eigenvalue weighted by molar-refractivity contribution is -0.142. The second kappa shape index (κ2) is 6.92. The third-order valence-corrected chi connectivity index (χ3v) is 4.41. The molecule has 6 nitrogen and oxygen atoms in total. The molecule has 0 unspecified atom stereocenters. The van der Waals surface area contributed by atoms with Crippen LogP contribution in [0.3, 0.4) is 0 Å². The van der Waals surface area contributed by atoms with Crippen molar-refractivity contribution in [3.63, 3.8) is 0 Å². The summed E-state index contributed by atoms with van der Waals surface area (Å²) in [4.78, 5) is 27.2. The van der Waals surface area contributed by atoms with Gasteiger partial charge in [0.15, 0.2) is 0 Å². The van der Waals surface area contributed by atoms with Crippen LogP contribution < -0.4 is 5.32 Å². The van der Waals surface area contributed by atoms with Gasteiger partial charge in [0.2, 0.25) is 0 Å². The lowest BCUT2D eigenvalue weighted by Gasteiger charge is -2.29. The Bertz CT molecular complexity index is 354. The first-order valence-corrected chi connectivity index (χ1v) is 7.53. The van der Waals surface area contributed by atoms with Crippen LogP contribution in [0.15, 0.2) is 0 Å². The van der Waals surface area contributed by atoms with E-state index in [-0.39, 0.29) is 18.0 Å². The van der Waals surface area contributed by atoms with Gasteiger partial charge in [-0.25, -0.2) is 4.79 Å². The van der Waals surface area contributed by atoms with Gasteiger partial charge in [-0.15, -0.1) is 0 Å². The molecule has 2 aliphatic rings. The molecule has 2 fully saturated rings. The highest BCUT2D eigenvalue weighted by Crippen LogP contribution is 2.24. The summed E-state index contributed by atoms with van der Waals surface area (Å²) in [5.41, 5.74) is 0. The maximum absolute atomic E-state index is 12.2. The molecule has 2 amide bonds. The van der Waals surface area contributed by atoms with Gasteiger partial charge in [-0.3, -0.25) is 4.79 Å². The fourth-order valence-electron chi connectivity index (χ4n) is 3.00. The van der Waals surface area contributed by atoms with Crippen LogP contribution >= 0.6 is 0 Å². The van der Waals surface area contributed by atoms with Gasteiger partial charge in [-0.05, 0) is 45.7 Å². The SMILES string of the molecule is CN1CCCN(C(=O)NC2CCC(C(=O)O)CC2)CC1. The zero-order chi connectivity index (χ0) is 14.5. The normalized spacial score (nSPS) is 28.8. The van der Waals surface area contributed by atoms with Crippen molar-refractivity contribution in [3.8, 4) is 0 Å². The van der Waals surface area contributed by atoms with E-state index < -0.39 is 5.97 Å². The van der Waals surface area contributed by atoms with Crippen molar-refractivity contribution >= 4 is 12.0 Å². The van der Waals surface area contributed by atoms with Crippen molar-refractivity contribution in [3.05, 3.63) is 0 Å². The van der Waals surface area contributed by atoms with Crippen molar-refractivity contribution in [2.24, 2.45) is 5.92 Å². The quantitative estimate of drug-likeness (QED) is 0.792. The number of hydrogen-bond donors (Lipinski definition) is 2. The van der Waals surface area contributed by atoms with E-state index in [2.05, 4.69) is 17.3 Å². The Kier molecular flexibility index (Phi) is 5.23. The monoisotopic (exact) mass is 283 g/mol. The van der Waals surface area contributed by atoms with E-state index >= 15 is 0 Å². The first-order valence-electron chi connectivity index (χ1n) is 7.53. The van der Waals surface area contributed by atoms with E-state index in [1.54, 1.807) is 0 Å². The molecule has 1 heterocycles. The van der Waals surface area contributed by atoms with Crippen molar-refractivity contribution in [1.29, 1.82) is 0 Å². The number of carboxylic acid groups (broad SMARTS) is 1. The lowest BCUT2D eigenvalue weighted by atomic mass is 9.86. The molecule has 0 bridgehead atoms. The Balaban J connectivity index is 1.76. The van der Waals surface area contributed by atoms with Crippen LogP contribution in [0.5, 0.6) is 0 Å². The number of aliphatic carboxylic acids is 1. The number of carboxylic acids is 1. The van der Waals surface area contributed by atoms with E-state index in [1.165, 1.54) is 0 Å². The number of nitrogens with zero attached hydrogens (tertiary/aromatic N) is 2. The van der Waals surface area contributed by atoms with Gasteiger partial charge in [0, 0.05) is 25.7 Å². The minimum absolute atomic E-state index is 0.0130. The lowest BCUT2D eigenvalue weighted by Crippen LogP contribution is -2.47. The molecule has 0 spiro atoms. The predicted molar refractivity (Wildman–Crippen MR) is 75.6 cm³/mol. The molecular formula is C14H25N3O3. The Hall–Kier alpha value is -1.30. The zero-order valence-electron chi connectivity index (χ0n) is 12.2. The first kappa shape index (κ1) is 15.1. The standard InChI is InChI=1S/C14H25N3O3/c1-16-7-2-8-17(10-9-16)14(20)15-12-5-3-11(4-6-12)13(18)19/h11-12H,2-10H2,1H3,(H,15,20)(H,18,19). The Morgan fingerprint density at radius 3 is 2.40 bits per heavy atom. The highest BCUT2D eigenvalue weighted by Gasteiger charge is 2.28. The fourth-order valence-corrected chi connectivity index (χ4v) is 3.00. The molecule has 0 aromatic rings. The molecular weight excluding hydrogens is 258 g/mol. The fraction of sp³-hybridized carbons (Fsp3) is 0.857. The zero-order valence-corrected chi connectivity index (χ0v) is 12.2. The summed E-state index contributed by atoms with van der Waals surface area (Å²) in [6, 6.07) is 0.151. The summed E-state index contributed by atoms with van der Waals surface area (Å²) >= 11 is 0. The summed E-state index contributed by atoms with van der Waals surface area (Å²) < 4.78 is 0. The van der Waals surface area contributed by atoms with Crippen molar-refractivity contribution in [2.45, 2.75) is 38.1 Å². The van der Waals surface area contributed by atoms with Crippen LogP contribution in [0.2, 0.25) is 0 Å². The average Bonchev–Trinajstić information content (AvgIpc) is 2.64. The predicted octanol–water partition coefficient (Wildman–Crippen LogP) is 0.977. The van der Waals surface area contributed by atoms with Gasteiger partial charge in [0.05, 0.1) is 5.92 Å². The van der Waals surface area contributed by atoms with Crippen molar-refractivity contribution in [1.82, 2.24) is 15.1 Å². The average molecular weight is 283 g/mol. The molecule has 20 heavy (non-hydrogen) atoms. The van der Waals surface area contributed by atoms with Gasteiger partial charge in [0.25, 0.3) is 0 Å². The molecule has 1 aliphatic carbocycles. The minimum atomic E-state index is -0.703. The molecule has 0 aromatic heterocycles. The van der Waals surface area contributed by atoms with Gasteiger partial charge < -0.3 is 20.2 Å². The van der Waals surface area contributed by atoms with E-state index in [4.69, 9.17) is 5.11 Å². The number of carbonyl (C=O) groups is 2. The number of hydrogen-bond acceptors (Lipinski definition) is 3. The molecule has 6 heteroatoms. The smallest absolute Gasteiger partial charge is 0.317 e. The van der Waals surface area contributed by atoms with Crippen LogP contribution in [-0.4, -0.2) is 66.2 Å². The molecule has 0 radical (unpaired) electrons. The summed E-state index contributed by atoms with van der Waals surface area (Å²) in [7, 11) is 2.08. The van der Waals surface area contributed by atoms with Crippen LogP contribution in [-0.2, 0) is 4.79 Å². The van der Waals surface area contributed by atoms with Crippen LogP contribution in [0.4, 0.5) is 4.79 Å². The third-order valence-electron chi connectivity index (χ3n) is 4.41. The third kappa shape index (κ3) is 4.10. The van der Waals surface area contributed by atoms with E-state index in [9.17, 15) is 9.59 Å². The molecule has 114 valence electrons. The van der Waals surface area contributed by atoms with Gasteiger partial charge >= 0.3 is 12.0 Å². The second-order valence-corrected chi connectivity index (χ2v) is 5.98. The summed E-state index contributed by atoms with van der Waals surface area (Å²) in [5, 5.41) is 12.0. The summed E-state index contributed by atoms with van der Waals surface area (Å²) in [5.74, 6) is -0.930. The number of nitrogens with one attached hydrogen (secondary N) is 1. The molecule has 2 N–H and O–H groups in total. The summed E-state index contributed by atoms with van der Waals surface area (Å²) in [6.07, 6.45) is 3.90. The molecule has 0 atom stereocenters. The highest BCUT2D eigenvalue weighted by atomic mass is 16.4. The topological polar surface area (TPSA) is 72.9 Å². The van der Waals surface area contributed by atoms with Gasteiger partial charge in [-0.1, -0.05) is 0 Å². The first-order chi connectivity index (χ1) is 9.56. The van der Waals surface area contributed by atoms with Crippen LogP contribution in [0.25, 0.3) is 0 Å². The second-order valence-electron chi connectivity index (χ2n) is 5.98. The van der Waals surface area contributed by atoms with E-state index in [0.717, 1.165) is 45.4 Å². The van der Waals surface area contributed by atoms with Crippen LogP contribution in [0, 0.1) is 5.92 Å². The van der Waals surface area contributed by atoms with Crippen molar-refractivity contribution < 1.29 is 14.7 Å². The number of carbonyl (C=O) groups excluding carboxylic acids is 1. The molecule has 2 rings (SSSR count). The van der Waals surface area contributed by atoms with Gasteiger partial charge in [-0.2, -0.15) is 0 Å². The van der Waals surface area contributed by atoms with Crippen LogP contribution in [0.1, 0.15) is 32.1 Å². The number of likely N-dealkylation sites (N-methyl/N-ethyl adjacent to an activating group) is 1. The van der Waals surface area contributed by atoms with E-state index in [1.807, 2.05) is 4.90 Å². The highest BCUT2D eigenvalue weighted by molar-refractivity contribution is 5.74. The molecule has 0 aromatic carbocycles. The number of urea groups is 1. The maximum atomic E-state index is 12.2. The Labute approximate surface area is 120 Å². The Morgan fingerprint density at radius 2 is 1.75 bits per heavy atom. The van der Waals surface area contributed by atoms with E-state index in [0.29, 0.717) is 12.8 Å². The minimum Gasteiger partial charge on any atom is -0.481 e. The number of amides is 2. The maximum Gasteiger partial charge on any atom is 0.317 e. The largest absolute Gasteiger partial charge is 0.481 e. The Morgan fingerprint density at radius 1 is 1.05 bits per heavy atom. The number of rotatable bonds is 2. The van der Waals surface area contributed by atoms with Crippen molar-refractivity contribution in [2.75, 3.05) is 33.2 Å².